The first-order valence-electron chi connectivity index (χ1n) is 7.66. The van der Waals surface area contributed by atoms with Crippen LogP contribution in [0.1, 0.15) is 43.7 Å². The quantitative estimate of drug-likeness (QED) is 0.705. The number of hydrogen-bond donors (Lipinski definition) is 1. The summed E-state index contributed by atoms with van der Waals surface area (Å²) in [4.78, 5) is 2.32. The maximum Gasteiger partial charge on any atom is 0.122 e. The van der Waals surface area contributed by atoms with Crippen molar-refractivity contribution >= 4 is 0 Å². The van der Waals surface area contributed by atoms with Crippen LogP contribution in [0.25, 0.3) is 0 Å². The Balaban J connectivity index is 2.40. The minimum atomic E-state index is 0.498. The molecule has 2 N–H and O–H groups in total. The van der Waals surface area contributed by atoms with Crippen molar-refractivity contribution in [3.8, 4) is 5.75 Å². The molecule has 0 atom stereocenters. The van der Waals surface area contributed by atoms with Crippen molar-refractivity contribution in [3.05, 3.63) is 29.3 Å². The standard InChI is InChI=1S/C17H30N2O/c1-14(2)16-8-7-15(3)13-17(16)20-12-6-11-19(4)10-5-9-18/h7-8,13-14H,5-6,9-12,18H2,1-4H3. The lowest BCUT2D eigenvalue weighted by Crippen LogP contribution is -2.24. The summed E-state index contributed by atoms with van der Waals surface area (Å²) in [5.74, 6) is 1.54. The molecule has 1 rings (SSSR count). The van der Waals surface area contributed by atoms with E-state index in [0.29, 0.717) is 5.92 Å². The Bertz CT molecular complexity index is 391. The van der Waals surface area contributed by atoms with Gasteiger partial charge in [0.15, 0.2) is 0 Å². The summed E-state index contributed by atoms with van der Waals surface area (Å²) in [5.41, 5.74) is 8.07. The van der Waals surface area contributed by atoms with Crippen molar-refractivity contribution in [2.45, 2.75) is 39.5 Å². The number of aryl methyl sites for hydroxylation is 1. The maximum absolute atomic E-state index is 5.98. The van der Waals surface area contributed by atoms with Gasteiger partial charge in [0.25, 0.3) is 0 Å². The fourth-order valence-corrected chi connectivity index (χ4v) is 2.23. The van der Waals surface area contributed by atoms with Gasteiger partial charge in [-0.1, -0.05) is 26.0 Å². The van der Waals surface area contributed by atoms with Crippen molar-refractivity contribution in [2.24, 2.45) is 5.73 Å². The van der Waals surface area contributed by atoms with Crippen molar-refractivity contribution in [2.75, 3.05) is 33.3 Å². The molecule has 0 amide bonds. The zero-order valence-electron chi connectivity index (χ0n) is 13.5. The molecule has 0 bridgehead atoms. The summed E-state index contributed by atoms with van der Waals surface area (Å²) < 4.78 is 5.98. The van der Waals surface area contributed by atoms with Gasteiger partial charge in [-0.3, -0.25) is 0 Å². The number of rotatable bonds is 9. The van der Waals surface area contributed by atoms with Gasteiger partial charge in [0.2, 0.25) is 0 Å². The van der Waals surface area contributed by atoms with Crippen LogP contribution in [0.4, 0.5) is 0 Å². The van der Waals surface area contributed by atoms with E-state index in [4.69, 9.17) is 10.5 Å². The smallest absolute Gasteiger partial charge is 0.122 e. The van der Waals surface area contributed by atoms with Crippen LogP contribution < -0.4 is 10.5 Å². The monoisotopic (exact) mass is 278 g/mol. The fraction of sp³-hybridized carbons (Fsp3) is 0.647. The molecule has 0 aromatic heterocycles. The predicted molar refractivity (Wildman–Crippen MR) is 86.5 cm³/mol. The summed E-state index contributed by atoms with van der Waals surface area (Å²) in [6, 6.07) is 6.49. The molecule has 1 aromatic rings. The van der Waals surface area contributed by atoms with Crippen LogP contribution in [0, 0.1) is 6.92 Å². The van der Waals surface area contributed by atoms with E-state index in [1.54, 1.807) is 0 Å². The minimum absolute atomic E-state index is 0.498. The van der Waals surface area contributed by atoms with E-state index in [9.17, 15) is 0 Å². The zero-order chi connectivity index (χ0) is 15.0. The Morgan fingerprint density at radius 2 is 1.90 bits per heavy atom. The van der Waals surface area contributed by atoms with E-state index < -0.39 is 0 Å². The topological polar surface area (TPSA) is 38.5 Å². The molecule has 3 heteroatoms. The number of nitrogens with two attached hydrogens (primary N) is 1. The fourth-order valence-electron chi connectivity index (χ4n) is 2.23. The van der Waals surface area contributed by atoms with Gasteiger partial charge in [0, 0.05) is 6.54 Å². The lowest BCUT2D eigenvalue weighted by molar-refractivity contribution is 0.260. The summed E-state index contributed by atoms with van der Waals surface area (Å²) in [6.45, 7) is 10.2. The molecule has 0 aliphatic heterocycles. The molecule has 0 spiro atoms. The SMILES string of the molecule is Cc1ccc(C(C)C)c(OCCCN(C)CCCN)c1. The highest BCUT2D eigenvalue weighted by atomic mass is 16.5. The van der Waals surface area contributed by atoms with Crippen molar-refractivity contribution < 1.29 is 4.74 Å². The third kappa shape index (κ3) is 5.93. The van der Waals surface area contributed by atoms with E-state index in [2.05, 4.69) is 50.9 Å². The van der Waals surface area contributed by atoms with Crippen LogP contribution in [0.5, 0.6) is 5.75 Å². The Morgan fingerprint density at radius 3 is 2.55 bits per heavy atom. The largest absolute Gasteiger partial charge is 0.493 e. The van der Waals surface area contributed by atoms with Gasteiger partial charge in [-0.2, -0.15) is 0 Å². The molecule has 3 nitrogen and oxygen atoms in total. The minimum Gasteiger partial charge on any atom is -0.493 e. The third-order valence-electron chi connectivity index (χ3n) is 3.48. The second-order valence-corrected chi connectivity index (χ2v) is 5.84. The van der Waals surface area contributed by atoms with Crippen LogP contribution >= 0.6 is 0 Å². The van der Waals surface area contributed by atoms with Gasteiger partial charge in [-0.05, 0) is 63.0 Å². The summed E-state index contributed by atoms with van der Waals surface area (Å²) in [7, 11) is 2.14. The van der Waals surface area contributed by atoms with E-state index in [1.807, 2.05) is 0 Å². The van der Waals surface area contributed by atoms with E-state index in [0.717, 1.165) is 44.8 Å². The number of hydrogen-bond acceptors (Lipinski definition) is 3. The number of nitrogens with zero attached hydrogens (tertiary/aromatic N) is 1. The van der Waals surface area contributed by atoms with Gasteiger partial charge in [-0.25, -0.2) is 0 Å². The summed E-state index contributed by atoms with van der Waals surface area (Å²) >= 11 is 0. The number of benzene rings is 1. The first-order valence-corrected chi connectivity index (χ1v) is 7.66. The number of ether oxygens (including phenoxy) is 1. The van der Waals surface area contributed by atoms with Gasteiger partial charge in [0.05, 0.1) is 6.61 Å². The molecule has 114 valence electrons. The predicted octanol–water partition coefficient (Wildman–Crippen LogP) is 3.17. The van der Waals surface area contributed by atoms with Gasteiger partial charge in [-0.15, -0.1) is 0 Å². The molecule has 20 heavy (non-hydrogen) atoms. The van der Waals surface area contributed by atoms with Crippen LogP contribution in [-0.4, -0.2) is 38.2 Å². The van der Waals surface area contributed by atoms with E-state index in [1.165, 1.54) is 11.1 Å². The molecule has 0 unspecified atom stereocenters. The average molecular weight is 278 g/mol. The summed E-state index contributed by atoms with van der Waals surface area (Å²) in [6.07, 6.45) is 2.11. The van der Waals surface area contributed by atoms with Gasteiger partial charge < -0.3 is 15.4 Å². The Hall–Kier alpha value is -1.06. The molecule has 0 saturated carbocycles. The first-order chi connectivity index (χ1) is 9.54. The average Bonchev–Trinajstić information content (AvgIpc) is 2.41. The van der Waals surface area contributed by atoms with Crippen LogP contribution in [-0.2, 0) is 0 Å². The molecule has 0 saturated heterocycles. The van der Waals surface area contributed by atoms with Crippen molar-refractivity contribution in [1.82, 2.24) is 4.90 Å². The molecule has 0 radical (unpaired) electrons. The molecular formula is C17H30N2O. The van der Waals surface area contributed by atoms with Gasteiger partial charge >= 0.3 is 0 Å². The van der Waals surface area contributed by atoms with Crippen LogP contribution in [0.3, 0.4) is 0 Å². The van der Waals surface area contributed by atoms with Gasteiger partial charge in [0.1, 0.15) is 5.75 Å². The van der Waals surface area contributed by atoms with Crippen LogP contribution in [0.2, 0.25) is 0 Å². The normalized spacial score (nSPS) is 11.3. The molecular weight excluding hydrogens is 248 g/mol. The Morgan fingerprint density at radius 1 is 1.20 bits per heavy atom. The molecule has 0 heterocycles. The molecule has 0 fully saturated rings. The lowest BCUT2D eigenvalue weighted by Gasteiger charge is -2.18. The molecule has 0 aliphatic rings. The summed E-state index contributed by atoms with van der Waals surface area (Å²) in [5, 5.41) is 0. The highest BCUT2D eigenvalue weighted by molar-refractivity contribution is 5.39. The molecule has 1 aromatic carbocycles. The molecule has 0 aliphatic carbocycles. The zero-order valence-corrected chi connectivity index (χ0v) is 13.5. The van der Waals surface area contributed by atoms with Crippen LogP contribution in [0.15, 0.2) is 18.2 Å². The second-order valence-electron chi connectivity index (χ2n) is 5.84. The lowest BCUT2D eigenvalue weighted by atomic mass is 10.0. The Kier molecular flexibility index (Phi) is 7.63. The van der Waals surface area contributed by atoms with Crippen molar-refractivity contribution in [3.63, 3.8) is 0 Å². The second kappa shape index (κ2) is 8.98. The van der Waals surface area contributed by atoms with Crippen molar-refractivity contribution in [1.29, 1.82) is 0 Å². The highest BCUT2D eigenvalue weighted by Crippen LogP contribution is 2.27. The Labute approximate surface area is 124 Å². The van der Waals surface area contributed by atoms with E-state index in [-0.39, 0.29) is 0 Å². The highest BCUT2D eigenvalue weighted by Gasteiger charge is 2.08. The maximum atomic E-state index is 5.98. The third-order valence-corrected chi connectivity index (χ3v) is 3.48. The first kappa shape index (κ1) is 17.0. The van der Waals surface area contributed by atoms with E-state index >= 15 is 0 Å².